The van der Waals surface area contributed by atoms with E-state index < -0.39 is 0 Å². The first-order chi connectivity index (χ1) is 14.7. The molecule has 0 fully saturated rings. The number of fused-ring (bicyclic) bond motifs is 1. The van der Waals surface area contributed by atoms with Crippen LogP contribution >= 0.6 is 0 Å². The number of aryl methyl sites for hydroxylation is 1. The van der Waals surface area contributed by atoms with Gasteiger partial charge in [-0.2, -0.15) is 0 Å². The van der Waals surface area contributed by atoms with Gasteiger partial charge >= 0.3 is 0 Å². The molecule has 0 saturated heterocycles. The minimum absolute atomic E-state index is 0.582. The number of rotatable bonds is 9. The zero-order chi connectivity index (χ0) is 21.3. The van der Waals surface area contributed by atoms with Crippen molar-refractivity contribution in [2.75, 3.05) is 34.9 Å². The van der Waals surface area contributed by atoms with Gasteiger partial charge in [-0.25, -0.2) is 0 Å². The minimum atomic E-state index is 0.582. The molecule has 0 aliphatic heterocycles. The summed E-state index contributed by atoms with van der Waals surface area (Å²) in [6.45, 7) is 1.41. The molecule has 0 bridgehead atoms. The Morgan fingerprint density at radius 2 is 1.73 bits per heavy atom. The summed E-state index contributed by atoms with van der Waals surface area (Å²) in [5, 5.41) is 8.00. The van der Waals surface area contributed by atoms with Crippen molar-refractivity contribution in [1.82, 2.24) is 15.6 Å². The number of hydrogen-bond acceptors (Lipinski definition) is 4. The summed E-state index contributed by atoms with van der Waals surface area (Å²) < 4.78 is 16.2. The van der Waals surface area contributed by atoms with Crippen LogP contribution in [0.5, 0.6) is 17.2 Å². The molecule has 3 rings (SSSR count). The Kier molecular flexibility index (Phi) is 7.43. The summed E-state index contributed by atoms with van der Waals surface area (Å²) >= 11 is 0. The zero-order valence-corrected chi connectivity index (χ0v) is 18.0. The van der Waals surface area contributed by atoms with Crippen molar-refractivity contribution in [2.24, 2.45) is 4.99 Å². The molecule has 3 aromatic rings. The molecule has 7 heteroatoms. The highest BCUT2D eigenvalue weighted by Gasteiger charge is 2.13. The number of guanidine groups is 1. The molecule has 0 unspecified atom stereocenters. The number of aromatic amines is 1. The second kappa shape index (κ2) is 10.4. The summed E-state index contributed by atoms with van der Waals surface area (Å²) in [7, 11) is 6.59. The molecule has 1 heterocycles. The van der Waals surface area contributed by atoms with Crippen LogP contribution in [0.4, 0.5) is 0 Å². The lowest BCUT2D eigenvalue weighted by molar-refractivity contribution is 0.323. The number of nitrogens with one attached hydrogen (secondary N) is 3. The first-order valence-corrected chi connectivity index (χ1v) is 9.98. The third kappa shape index (κ3) is 4.97. The first-order valence-electron chi connectivity index (χ1n) is 9.98. The molecular weight excluding hydrogens is 380 g/mol. The van der Waals surface area contributed by atoms with Crippen LogP contribution < -0.4 is 24.8 Å². The van der Waals surface area contributed by atoms with E-state index >= 15 is 0 Å². The maximum absolute atomic E-state index is 5.42. The van der Waals surface area contributed by atoms with Gasteiger partial charge in [-0.05, 0) is 42.2 Å². The molecule has 7 nitrogen and oxygen atoms in total. The fourth-order valence-electron chi connectivity index (χ4n) is 3.47. The lowest BCUT2D eigenvalue weighted by Crippen LogP contribution is -2.37. The van der Waals surface area contributed by atoms with E-state index in [9.17, 15) is 0 Å². The molecule has 0 aliphatic carbocycles. The molecule has 3 N–H and O–H groups in total. The van der Waals surface area contributed by atoms with Gasteiger partial charge in [0.15, 0.2) is 17.5 Å². The number of aromatic nitrogens is 1. The standard InChI is InChI=1S/C23H30N4O3/c1-24-23(25-11-7-8-17-15-26-19-10-6-5-9-18(17)19)27-14-16-12-20(28-2)22(30-4)21(13-16)29-3/h5-6,9-10,12-13,15,26H,7-8,11,14H2,1-4H3,(H2,24,25,27). The zero-order valence-electron chi connectivity index (χ0n) is 18.0. The van der Waals surface area contributed by atoms with Crippen LogP contribution in [-0.4, -0.2) is 45.9 Å². The van der Waals surface area contributed by atoms with Gasteiger partial charge in [0.25, 0.3) is 0 Å². The van der Waals surface area contributed by atoms with Crippen molar-refractivity contribution in [3.63, 3.8) is 0 Å². The van der Waals surface area contributed by atoms with E-state index in [1.165, 1.54) is 16.5 Å². The van der Waals surface area contributed by atoms with Crippen molar-refractivity contribution in [1.29, 1.82) is 0 Å². The molecule has 1 aromatic heterocycles. The highest BCUT2D eigenvalue weighted by Crippen LogP contribution is 2.38. The van der Waals surface area contributed by atoms with E-state index in [0.717, 1.165) is 30.9 Å². The number of para-hydroxylation sites is 1. The third-order valence-electron chi connectivity index (χ3n) is 5.00. The smallest absolute Gasteiger partial charge is 0.203 e. The SMILES string of the molecule is CN=C(NCCCc1c[nH]c2ccccc12)NCc1cc(OC)c(OC)c(OC)c1. The quantitative estimate of drug-likeness (QED) is 0.286. The molecule has 0 atom stereocenters. The van der Waals surface area contributed by atoms with Crippen molar-refractivity contribution in [3.05, 3.63) is 53.7 Å². The minimum Gasteiger partial charge on any atom is -0.493 e. The fraction of sp³-hybridized carbons (Fsp3) is 0.348. The number of ether oxygens (including phenoxy) is 3. The van der Waals surface area contributed by atoms with Gasteiger partial charge in [0.2, 0.25) is 5.75 Å². The maximum atomic E-state index is 5.42. The third-order valence-corrected chi connectivity index (χ3v) is 5.00. The summed E-state index contributed by atoms with van der Waals surface area (Å²) in [6.07, 6.45) is 4.11. The lowest BCUT2D eigenvalue weighted by atomic mass is 10.1. The van der Waals surface area contributed by atoms with Crippen molar-refractivity contribution in [2.45, 2.75) is 19.4 Å². The van der Waals surface area contributed by atoms with Crippen LogP contribution in [0.25, 0.3) is 10.9 Å². The Balaban J connectivity index is 1.51. The number of methoxy groups -OCH3 is 3. The highest BCUT2D eigenvalue weighted by molar-refractivity contribution is 5.83. The number of H-pyrrole nitrogens is 1. The van der Waals surface area contributed by atoms with Crippen LogP contribution in [0.2, 0.25) is 0 Å². The van der Waals surface area contributed by atoms with Crippen LogP contribution in [0, 0.1) is 0 Å². The number of hydrogen-bond donors (Lipinski definition) is 3. The molecule has 30 heavy (non-hydrogen) atoms. The largest absolute Gasteiger partial charge is 0.493 e. The Bertz CT molecular complexity index is 972. The second-order valence-electron chi connectivity index (χ2n) is 6.85. The average molecular weight is 411 g/mol. The molecule has 0 amide bonds. The first kappa shape index (κ1) is 21.4. The summed E-state index contributed by atoms with van der Waals surface area (Å²) in [5.41, 5.74) is 3.53. The summed E-state index contributed by atoms with van der Waals surface area (Å²) in [4.78, 5) is 7.64. The van der Waals surface area contributed by atoms with Crippen LogP contribution in [0.1, 0.15) is 17.5 Å². The van der Waals surface area contributed by atoms with Crippen molar-refractivity contribution < 1.29 is 14.2 Å². The van der Waals surface area contributed by atoms with Gasteiger partial charge in [0.05, 0.1) is 21.3 Å². The van der Waals surface area contributed by atoms with Crippen molar-refractivity contribution >= 4 is 16.9 Å². The molecule has 0 aliphatic rings. The Morgan fingerprint density at radius 1 is 1.00 bits per heavy atom. The highest BCUT2D eigenvalue weighted by atomic mass is 16.5. The van der Waals surface area contributed by atoms with Gasteiger partial charge in [0, 0.05) is 37.2 Å². The second-order valence-corrected chi connectivity index (χ2v) is 6.85. The van der Waals surface area contributed by atoms with E-state index in [-0.39, 0.29) is 0 Å². The topological polar surface area (TPSA) is 79.9 Å². The number of benzene rings is 2. The predicted octanol–water partition coefficient (Wildman–Crippen LogP) is 3.49. The van der Waals surface area contributed by atoms with Gasteiger partial charge < -0.3 is 29.8 Å². The van der Waals surface area contributed by atoms with Gasteiger partial charge in [-0.15, -0.1) is 0 Å². The normalized spacial score (nSPS) is 11.4. The lowest BCUT2D eigenvalue weighted by Gasteiger charge is -2.16. The van der Waals surface area contributed by atoms with E-state index in [1.807, 2.05) is 18.2 Å². The van der Waals surface area contributed by atoms with Gasteiger partial charge in [-0.1, -0.05) is 18.2 Å². The molecule has 0 spiro atoms. The Morgan fingerprint density at radius 3 is 2.40 bits per heavy atom. The summed E-state index contributed by atoms with van der Waals surface area (Å²) in [6, 6.07) is 12.2. The Labute approximate surface area is 177 Å². The summed E-state index contributed by atoms with van der Waals surface area (Å²) in [5.74, 6) is 2.61. The number of aliphatic imine (C=N–C) groups is 1. The monoisotopic (exact) mass is 410 g/mol. The van der Waals surface area contributed by atoms with E-state index in [2.05, 4.69) is 45.0 Å². The van der Waals surface area contributed by atoms with E-state index in [0.29, 0.717) is 23.8 Å². The van der Waals surface area contributed by atoms with Crippen LogP contribution in [0.15, 0.2) is 47.6 Å². The molecule has 160 valence electrons. The average Bonchev–Trinajstić information content (AvgIpc) is 3.20. The van der Waals surface area contributed by atoms with E-state index in [4.69, 9.17) is 14.2 Å². The Hall–Kier alpha value is -3.35. The number of nitrogens with zero attached hydrogens (tertiary/aromatic N) is 1. The molecule has 0 saturated carbocycles. The van der Waals surface area contributed by atoms with Crippen LogP contribution in [-0.2, 0) is 13.0 Å². The molecular formula is C23H30N4O3. The molecule has 2 aromatic carbocycles. The van der Waals surface area contributed by atoms with Crippen molar-refractivity contribution in [3.8, 4) is 17.2 Å². The molecule has 0 radical (unpaired) electrons. The van der Waals surface area contributed by atoms with E-state index in [1.54, 1.807) is 28.4 Å². The fourth-order valence-corrected chi connectivity index (χ4v) is 3.47. The maximum Gasteiger partial charge on any atom is 0.203 e. The predicted molar refractivity (Wildman–Crippen MR) is 121 cm³/mol. The van der Waals surface area contributed by atoms with Crippen LogP contribution in [0.3, 0.4) is 0 Å². The van der Waals surface area contributed by atoms with Gasteiger partial charge in [-0.3, -0.25) is 4.99 Å². The van der Waals surface area contributed by atoms with Gasteiger partial charge in [0.1, 0.15) is 0 Å².